The van der Waals surface area contributed by atoms with Gasteiger partial charge in [-0.25, -0.2) is 19.4 Å². The Labute approximate surface area is 127 Å². The van der Waals surface area contributed by atoms with Crippen molar-refractivity contribution in [2.24, 2.45) is 0 Å². The van der Waals surface area contributed by atoms with Gasteiger partial charge in [0, 0.05) is 12.2 Å². The van der Waals surface area contributed by atoms with Crippen LogP contribution in [0.15, 0.2) is 17.4 Å². The third-order valence-electron chi connectivity index (χ3n) is 2.99. The van der Waals surface area contributed by atoms with Gasteiger partial charge in [-0.1, -0.05) is 18.7 Å². The molecule has 0 aromatic carbocycles. The van der Waals surface area contributed by atoms with Crippen molar-refractivity contribution in [2.75, 3.05) is 0 Å². The van der Waals surface area contributed by atoms with Gasteiger partial charge in [0.1, 0.15) is 17.2 Å². The molecule has 0 radical (unpaired) electrons. The smallest absolute Gasteiger partial charge is 0.338 e. The fourth-order valence-electron chi connectivity index (χ4n) is 2.10. The molecule has 0 unspecified atom stereocenters. The Kier molecular flexibility index (Phi) is 4.95. The van der Waals surface area contributed by atoms with E-state index < -0.39 is 5.97 Å². The number of aromatic carboxylic acids is 1. The summed E-state index contributed by atoms with van der Waals surface area (Å²) in [4.78, 5) is 20.0. The summed E-state index contributed by atoms with van der Waals surface area (Å²) in [6, 6.07) is 1.78. The number of aryl methyl sites for hydroxylation is 3. The number of hydrogen-bond acceptors (Lipinski definition) is 5. The van der Waals surface area contributed by atoms with Crippen LogP contribution in [0.25, 0.3) is 0 Å². The minimum atomic E-state index is -0.947. The predicted molar refractivity (Wildman–Crippen MR) is 80.5 cm³/mol. The summed E-state index contributed by atoms with van der Waals surface area (Å²) in [5.41, 5.74) is 1.81. The first-order valence-corrected chi connectivity index (χ1v) is 7.72. The zero-order chi connectivity index (χ0) is 15.4. The van der Waals surface area contributed by atoms with E-state index in [1.165, 1.54) is 18.1 Å². The molecule has 0 saturated heterocycles. The average molecular weight is 306 g/mol. The Hall–Kier alpha value is -1.89. The molecular formula is C14H18N4O2S. The number of carbonyl (C=O) groups is 1. The van der Waals surface area contributed by atoms with Crippen molar-refractivity contribution in [3.8, 4) is 0 Å². The highest BCUT2D eigenvalue weighted by Crippen LogP contribution is 2.26. The normalized spacial score (nSPS) is 10.8. The lowest BCUT2D eigenvalue weighted by atomic mass is 10.1. The van der Waals surface area contributed by atoms with Gasteiger partial charge in [0.15, 0.2) is 0 Å². The minimum absolute atomic E-state index is 0.271. The molecule has 0 amide bonds. The SMILES string of the molecule is CCCn1ncnc1CSc1nc(C)cc(C)c1C(=O)O. The van der Waals surface area contributed by atoms with Gasteiger partial charge in [0.25, 0.3) is 0 Å². The largest absolute Gasteiger partial charge is 0.478 e. The van der Waals surface area contributed by atoms with Gasteiger partial charge in [0.2, 0.25) is 0 Å². The van der Waals surface area contributed by atoms with Crippen LogP contribution < -0.4 is 0 Å². The van der Waals surface area contributed by atoms with E-state index in [1.54, 1.807) is 13.0 Å². The molecule has 0 fully saturated rings. The Morgan fingerprint density at radius 3 is 2.86 bits per heavy atom. The molecule has 0 aliphatic carbocycles. The van der Waals surface area contributed by atoms with Crippen LogP contribution in [-0.4, -0.2) is 30.8 Å². The summed E-state index contributed by atoms with van der Waals surface area (Å²) >= 11 is 1.39. The lowest BCUT2D eigenvalue weighted by molar-refractivity contribution is 0.0691. The molecule has 0 saturated carbocycles. The predicted octanol–water partition coefficient (Wildman–Crippen LogP) is 2.69. The van der Waals surface area contributed by atoms with Crippen LogP contribution in [0.2, 0.25) is 0 Å². The number of thioether (sulfide) groups is 1. The summed E-state index contributed by atoms with van der Waals surface area (Å²) < 4.78 is 1.84. The number of carboxylic acid groups (broad SMARTS) is 1. The van der Waals surface area contributed by atoms with Crippen LogP contribution in [0.4, 0.5) is 0 Å². The van der Waals surface area contributed by atoms with Gasteiger partial charge in [-0.05, 0) is 31.9 Å². The molecule has 1 N–H and O–H groups in total. The minimum Gasteiger partial charge on any atom is -0.478 e. The Morgan fingerprint density at radius 2 is 2.19 bits per heavy atom. The van der Waals surface area contributed by atoms with Crippen molar-refractivity contribution in [1.29, 1.82) is 0 Å². The van der Waals surface area contributed by atoms with Crippen molar-refractivity contribution in [2.45, 2.75) is 44.5 Å². The third kappa shape index (κ3) is 3.60. The van der Waals surface area contributed by atoms with E-state index in [4.69, 9.17) is 0 Å². The fourth-order valence-corrected chi connectivity index (χ4v) is 3.19. The Balaban J connectivity index is 2.23. The second-order valence-corrected chi connectivity index (χ2v) is 5.72. The van der Waals surface area contributed by atoms with Gasteiger partial charge in [-0.2, -0.15) is 5.10 Å². The van der Waals surface area contributed by atoms with Crippen LogP contribution in [0.1, 0.15) is 40.8 Å². The molecule has 21 heavy (non-hydrogen) atoms. The summed E-state index contributed by atoms with van der Waals surface area (Å²) in [5, 5.41) is 14.0. The average Bonchev–Trinajstić information content (AvgIpc) is 2.83. The van der Waals surface area contributed by atoms with E-state index >= 15 is 0 Å². The van der Waals surface area contributed by atoms with E-state index in [1.807, 2.05) is 11.6 Å². The van der Waals surface area contributed by atoms with Crippen molar-refractivity contribution in [3.05, 3.63) is 35.0 Å². The second kappa shape index (κ2) is 6.71. The number of hydrogen-bond donors (Lipinski definition) is 1. The highest BCUT2D eigenvalue weighted by atomic mass is 32.2. The van der Waals surface area contributed by atoms with Gasteiger partial charge >= 0.3 is 5.97 Å². The number of carboxylic acids is 1. The van der Waals surface area contributed by atoms with E-state index in [-0.39, 0.29) is 5.56 Å². The van der Waals surface area contributed by atoms with Gasteiger partial charge in [-0.15, -0.1) is 0 Å². The van der Waals surface area contributed by atoms with Gasteiger partial charge < -0.3 is 5.11 Å². The number of pyridine rings is 1. The van der Waals surface area contributed by atoms with Crippen molar-refractivity contribution >= 4 is 17.7 Å². The van der Waals surface area contributed by atoms with E-state index in [9.17, 15) is 9.90 Å². The van der Waals surface area contributed by atoms with E-state index in [2.05, 4.69) is 22.0 Å². The molecule has 2 rings (SSSR count). The number of aromatic nitrogens is 4. The molecule has 0 spiro atoms. The number of rotatable bonds is 6. The summed E-state index contributed by atoms with van der Waals surface area (Å²) in [7, 11) is 0. The standard InChI is InChI=1S/C14H18N4O2S/c1-4-5-18-11(15-8-16-18)7-21-13-12(14(19)20)9(2)6-10(3)17-13/h6,8H,4-5,7H2,1-3H3,(H,19,20). The molecule has 0 aliphatic rings. The maximum atomic E-state index is 11.4. The number of nitrogens with zero attached hydrogens (tertiary/aromatic N) is 4. The maximum absolute atomic E-state index is 11.4. The molecule has 0 aliphatic heterocycles. The first kappa shape index (κ1) is 15.5. The van der Waals surface area contributed by atoms with Crippen LogP contribution in [0.5, 0.6) is 0 Å². The maximum Gasteiger partial charge on any atom is 0.338 e. The van der Waals surface area contributed by atoms with Crippen molar-refractivity contribution < 1.29 is 9.90 Å². The molecule has 2 aromatic heterocycles. The first-order chi connectivity index (χ1) is 10.0. The van der Waals surface area contributed by atoms with Crippen LogP contribution >= 0.6 is 11.8 Å². The molecule has 0 atom stereocenters. The first-order valence-electron chi connectivity index (χ1n) is 6.74. The topological polar surface area (TPSA) is 80.9 Å². The third-order valence-corrected chi connectivity index (χ3v) is 3.97. The molecule has 0 bridgehead atoms. The van der Waals surface area contributed by atoms with Crippen LogP contribution in [-0.2, 0) is 12.3 Å². The molecule has 112 valence electrons. The lowest BCUT2D eigenvalue weighted by Crippen LogP contribution is -2.07. The fraction of sp³-hybridized carbons (Fsp3) is 0.429. The quantitative estimate of drug-likeness (QED) is 0.826. The van der Waals surface area contributed by atoms with Gasteiger partial charge in [0.05, 0.1) is 11.3 Å². The molecular weight excluding hydrogens is 288 g/mol. The summed E-state index contributed by atoms with van der Waals surface area (Å²) in [5.74, 6) is 0.438. The van der Waals surface area contributed by atoms with Gasteiger partial charge in [-0.3, -0.25) is 0 Å². The monoisotopic (exact) mass is 306 g/mol. The van der Waals surface area contributed by atoms with E-state index in [0.29, 0.717) is 10.8 Å². The summed E-state index contributed by atoms with van der Waals surface area (Å²) in [6.45, 7) is 6.54. The second-order valence-electron chi connectivity index (χ2n) is 4.75. The van der Waals surface area contributed by atoms with Crippen molar-refractivity contribution in [3.63, 3.8) is 0 Å². The lowest BCUT2D eigenvalue weighted by Gasteiger charge is -2.09. The Morgan fingerprint density at radius 1 is 1.43 bits per heavy atom. The highest BCUT2D eigenvalue weighted by molar-refractivity contribution is 7.98. The zero-order valence-corrected chi connectivity index (χ0v) is 13.1. The molecule has 7 heteroatoms. The van der Waals surface area contributed by atoms with E-state index in [0.717, 1.165) is 30.0 Å². The molecule has 2 heterocycles. The van der Waals surface area contributed by atoms with Crippen molar-refractivity contribution in [1.82, 2.24) is 19.7 Å². The summed E-state index contributed by atoms with van der Waals surface area (Å²) in [6.07, 6.45) is 2.50. The Bertz CT molecular complexity index is 654. The van der Waals surface area contributed by atoms with Crippen LogP contribution in [0.3, 0.4) is 0 Å². The molecule has 2 aromatic rings. The molecule has 6 nitrogen and oxygen atoms in total. The highest BCUT2D eigenvalue weighted by Gasteiger charge is 2.17. The van der Waals surface area contributed by atoms with Crippen LogP contribution in [0, 0.1) is 13.8 Å². The zero-order valence-electron chi connectivity index (χ0n) is 12.3.